The lowest BCUT2D eigenvalue weighted by atomic mass is 9.79. The van der Waals surface area contributed by atoms with Gasteiger partial charge in [0, 0.05) is 42.0 Å². The van der Waals surface area contributed by atoms with Crippen LogP contribution in [0.3, 0.4) is 0 Å². The quantitative estimate of drug-likeness (QED) is 0.356. The molecule has 182 valence electrons. The van der Waals surface area contributed by atoms with Gasteiger partial charge in [-0.3, -0.25) is 0 Å². The minimum atomic E-state index is -0.0165. The zero-order valence-electron chi connectivity index (χ0n) is 20.7. The molecule has 36 heavy (non-hydrogen) atoms. The molecular weight excluding hydrogens is 450 g/mol. The van der Waals surface area contributed by atoms with Gasteiger partial charge in [0.15, 0.2) is 0 Å². The predicted octanol–water partition coefficient (Wildman–Crippen LogP) is 5.29. The zero-order chi connectivity index (χ0) is 24.7. The van der Waals surface area contributed by atoms with E-state index >= 15 is 0 Å². The number of fused-ring (bicyclic) bond motifs is 1. The van der Waals surface area contributed by atoms with E-state index in [1.165, 1.54) is 5.56 Å². The summed E-state index contributed by atoms with van der Waals surface area (Å²) in [7, 11) is 1.62. The first kappa shape index (κ1) is 22.3. The van der Waals surface area contributed by atoms with E-state index in [1.807, 2.05) is 18.2 Å². The third-order valence-electron chi connectivity index (χ3n) is 7.35. The third kappa shape index (κ3) is 3.88. The van der Waals surface area contributed by atoms with Crippen molar-refractivity contribution in [2.45, 2.75) is 32.1 Å². The Labute approximate surface area is 209 Å². The van der Waals surface area contributed by atoms with E-state index in [1.54, 1.807) is 19.6 Å². The number of rotatable bonds is 5. The standard InChI is InChI=1S/C28H29N7O/c1-18-24(19-7-5-4-6-8-19)34-27(32-18)28(2)10-13-35(14-11-28)26-21-16-22(33-25(21)30-17-31-26)20-9-12-29-23(15-20)36-3/h4-9,12,15-17H,10-11,13-14H2,1-3H3,(H,32,34)(H,30,31,33). The van der Waals surface area contributed by atoms with Crippen LogP contribution in [-0.2, 0) is 5.41 Å². The van der Waals surface area contributed by atoms with Gasteiger partial charge in [0.2, 0.25) is 5.88 Å². The van der Waals surface area contributed by atoms with Gasteiger partial charge in [-0.15, -0.1) is 0 Å². The Balaban J connectivity index is 1.25. The molecule has 1 aliphatic rings. The minimum absolute atomic E-state index is 0.0165. The molecule has 1 fully saturated rings. The number of aromatic nitrogens is 6. The van der Waals surface area contributed by atoms with Crippen LogP contribution < -0.4 is 9.64 Å². The van der Waals surface area contributed by atoms with E-state index in [-0.39, 0.29) is 5.41 Å². The molecule has 0 amide bonds. The van der Waals surface area contributed by atoms with Crippen molar-refractivity contribution in [3.8, 4) is 28.4 Å². The number of hydrogen-bond acceptors (Lipinski definition) is 6. The van der Waals surface area contributed by atoms with Gasteiger partial charge < -0.3 is 19.6 Å². The van der Waals surface area contributed by atoms with Crippen molar-refractivity contribution in [1.29, 1.82) is 0 Å². The van der Waals surface area contributed by atoms with Crippen LogP contribution in [0.4, 0.5) is 5.82 Å². The lowest BCUT2D eigenvalue weighted by Gasteiger charge is -2.38. The summed E-state index contributed by atoms with van der Waals surface area (Å²) < 4.78 is 5.29. The molecule has 0 radical (unpaired) electrons. The second-order valence-corrected chi connectivity index (χ2v) is 9.69. The van der Waals surface area contributed by atoms with Gasteiger partial charge >= 0.3 is 0 Å². The third-order valence-corrected chi connectivity index (χ3v) is 7.35. The molecule has 8 heteroatoms. The van der Waals surface area contributed by atoms with Crippen LogP contribution >= 0.6 is 0 Å². The van der Waals surface area contributed by atoms with Crippen LogP contribution in [0.1, 0.15) is 31.3 Å². The normalized spacial score (nSPS) is 15.4. The predicted molar refractivity (Wildman–Crippen MR) is 141 cm³/mol. The lowest BCUT2D eigenvalue weighted by Crippen LogP contribution is -2.42. The number of H-pyrrole nitrogens is 2. The molecule has 0 spiro atoms. The molecule has 1 saturated heterocycles. The zero-order valence-corrected chi connectivity index (χ0v) is 20.7. The van der Waals surface area contributed by atoms with Crippen LogP contribution in [-0.4, -0.2) is 50.1 Å². The van der Waals surface area contributed by atoms with Crippen molar-refractivity contribution in [1.82, 2.24) is 29.9 Å². The number of imidazole rings is 1. The van der Waals surface area contributed by atoms with Crippen LogP contribution in [0.2, 0.25) is 0 Å². The van der Waals surface area contributed by atoms with Crippen molar-refractivity contribution >= 4 is 16.9 Å². The molecule has 0 unspecified atom stereocenters. The van der Waals surface area contributed by atoms with Crippen molar-refractivity contribution in [3.63, 3.8) is 0 Å². The van der Waals surface area contributed by atoms with Gasteiger partial charge in [0.1, 0.15) is 23.6 Å². The molecule has 6 rings (SSSR count). The lowest BCUT2D eigenvalue weighted by molar-refractivity contribution is 0.345. The number of nitrogens with one attached hydrogen (secondary N) is 2. The molecule has 0 aliphatic carbocycles. The Hall–Kier alpha value is -4.20. The number of nitrogens with zero attached hydrogens (tertiary/aromatic N) is 5. The number of ether oxygens (including phenoxy) is 1. The number of pyridine rings is 1. The molecule has 5 aromatic rings. The van der Waals surface area contributed by atoms with Crippen LogP contribution in [0.25, 0.3) is 33.5 Å². The highest BCUT2D eigenvalue weighted by atomic mass is 16.5. The van der Waals surface area contributed by atoms with E-state index in [9.17, 15) is 0 Å². The highest BCUT2D eigenvalue weighted by Gasteiger charge is 2.35. The Bertz CT molecular complexity index is 1510. The molecule has 4 aromatic heterocycles. The van der Waals surface area contributed by atoms with Crippen molar-refractivity contribution in [3.05, 3.63) is 72.6 Å². The first-order valence-electron chi connectivity index (χ1n) is 12.3. The fourth-order valence-corrected chi connectivity index (χ4v) is 5.10. The number of methoxy groups -OCH3 is 1. The molecule has 0 saturated carbocycles. The molecule has 0 atom stereocenters. The van der Waals surface area contributed by atoms with Gasteiger partial charge in [-0.1, -0.05) is 37.3 Å². The molecule has 0 bridgehead atoms. The second-order valence-electron chi connectivity index (χ2n) is 9.69. The summed E-state index contributed by atoms with van der Waals surface area (Å²) in [5.41, 5.74) is 6.11. The highest BCUT2D eigenvalue weighted by molar-refractivity contribution is 5.92. The number of benzene rings is 1. The Kier molecular flexibility index (Phi) is 5.44. The summed E-state index contributed by atoms with van der Waals surface area (Å²) in [5, 5.41) is 1.02. The fourth-order valence-electron chi connectivity index (χ4n) is 5.10. The smallest absolute Gasteiger partial charge is 0.213 e. The summed E-state index contributed by atoms with van der Waals surface area (Å²) in [5.74, 6) is 2.62. The second kappa shape index (κ2) is 8.78. The van der Waals surface area contributed by atoms with Gasteiger partial charge in [0.05, 0.1) is 23.9 Å². The SMILES string of the molecule is COc1cc(-c2cc3c(N4CCC(C)(c5nc(C)c(-c6ccccc6)[nH]5)CC4)ncnc3[nH]2)ccn1. The van der Waals surface area contributed by atoms with Gasteiger partial charge in [-0.2, -0.15) is 0 Å². The molecular formula is C28H29N7O. The van der Waals surface area contributed by atoms with Crippen LogP contribution in [0.15, 0.2) is 61.1 Å². The first-order valence-corrected chi connectivity index (χ1v) is 12.3. The van der Waals surface area contributed by atoms with Crippen molar-refractivity contribution in [2.24, 2.45) is 0 Å². The fraction of sp³-hybridized carbons (Fsp3) is 0.286. The average Bonchev–Trinajstić information content (AvgIpc) is 3.54. The topological polar surface area (TPSA) is 95.6 Å². The van der Waals surface area contributed by atoms with Crippen LogP contribution in [0, 0.1) is 6.92 Å². The van der Waals surface area contributed by atoms with Gasteiger partial charge in [-0.05, 0) is 37.5 Å². The number of hydrogen-bond donors (Lipinski definition) is 2. The minimum Gasteiger partial charge on any atom is -0.481 e. The number of piperidine rings is 1. The van der Waals surface area contributed by atoms with Crippen molar-refractivity contribution in [2.75, 3.05) is 25.1 Å². The summed E-state index contributed by atoms with van der Waals surface area (Å²) in [4.78, 5) is 27.8. The number of aromatic amines is 2. The summed E-state index contributed by atoms with van der Waals surface area (Å²) in [6, 6.07) is 16.4. The van der Waals surface area contributed by atoms with E-state index in [0.29, 0.717) is 5.88 Å². The molecule has 2 N–H and O–H groups in total. The molecule has 5 heterocycles. The number of anilines is 1. The Morgan fingerprint density at radius 1 is 0.944 bits per heavy atom. The van der Waals surface area contributed by atoms with Gasteiger partial charge in [0.25, 0.3) is 0 Å². The molecule has 1 aliphatic heterocycles. The summed E-state index contributed by atoms with van der Waals surface area (Å²) in [6.45, 7) is 6.19. The van der Waals surface area contributed by atoms with E-state index < -0.39 is 0 Å². The number of aryl methyl sites for hydroxylation is 1. The summed E-state index contributed by atoms with van der Waals surface area (Å²) >= 11 is 0. The van der Waals surface area contributed by atoms with Crippen LogP contribution in [0.5, 0.6) is 5.88 Å². The maximum Gasteiger partial charge on any atom is 0.213 e. The van der Waals surface area contributed by atoms with E-state index in [2.05, 4.69) is 74.0 Å². The molecule has 8 nitrogen and oxygen atoms in total. The largest absolute Gasteiger partial charge is 0.481 e. The first-order chi connectivity index (χ1) is 17.5. The van der Waals surface area contributed by atoms with Gasteiger partial charge in [-0.25, -0.2) is 19.9 Å². The Morgan fingerprint density at radius 2 is 1.75 bits per heavy atom. The van der Waals surface area contributed by atoms with E-state index in [0.717, 1.165) is 71.3 Å². The molecule has 1 aromatic carbocycles. The highest BCUT2D eigenvalue weighted by Crippen LogP contribution is 2.38. The monoisotopic (exact) mass is 479 g/mol. The van der Waals surface area contributed by atoms with E-state index in [4.69, 9.17) is 9.72 Å². The Morgan fingerprint density at radius 3 is 2.53 bits per heavy atom. The maximum atomic E-state index is 5.29. The maximum absolute atomic E-state index is 5.29. The van der Waals surface area contributed by atoms with Crippen molar-refractivity contribution < 1.29 is 4.74 Å². The average molecular weight is 480 g/mol. The summed E-state index contributed by atoms with van der Waals surface area (Å²) in [6.07, 6.45) is 5.36.